The van der Waals surface area contributed by atoms with Crippen LogP contribution in [0, 0.1) is 0 Å². The van der Waals surface area contributed by atoms with E-state index in [1.165, 1.54) is 77.6 Å². The molecular formula is C18H38O4. The highest BCUT2D eigenvalue weighted by atomic mass is 16.5. The topological polar surface area (TPSA) is 66.8 Å². The Labute approximate surface area is 137 Å². The van der Waals surface area contributed by atoms with Crippen molar-refractivity contribution < 1.29 is 19.7 Å². The summed E-state index contributed by atoms with van der Waals surface area (Å²) in [6, 6.07) is 0. The largest absolute Gasteiger partial charge is 0.466 e. The molecule has 0 heterocycles. The number of carbonyl (C=O) groups is 1. The summed E-state index contributed by atoms with van der Waals surface area (Å²) < 4.78 is 4.89. The Morgan fingerprint density at radius 2 is 1.09 bits per heavy atom. The molecule has 0 aromatic heterocycles. The van der Waals surface area contributed by atoms with Gasteiger partial charge in [-0.15, -0.1) is 0 Å². The van der Waals surface area contributed by atoms with Crippen LogP contribution in [0.1, 0.15) is 90.9 Å². The maximum Gasteiger partial charge on any atom is 0.302 e. The highest BCUT2D eigenvalue weighted by Crippen LogP contribution is 2.11. The van der Waals surface area contributed by atoms with Gasteiger partial charge < -0.3 is 14.9 Å². The standard InChI is InChI=1S/C16H32O2.C2H6O2/c1-3-4-5-6-7-8-9-10-11-12-13-14-15-18-16(2)17;3-1-2-4/h3-15H2,1-2H3;3-4H,1-2H2. The van der Waals surface area contributed by atoms with E-state index in [0.29, 0.717) is 6.61 Å². The number of esters is 1. The molecule has 0 aromatic rings. The minimum atomic E-state index is -0.155. The normalized spacial score (nSPS) is 10.0. The van der Waals surface area contributed by atoms with E-state index in [1.807, 2.05) is 0 Å². The SMILES string of the molecule is CCCCCCCCCCCCCCOC(C)=O.OCCO. The smallest absolute Gasteiger partial charge is 0.302 e. The molecule has 4 heteroatoms. The Balaban J connectivity index is 0. The molecule has 0 fully saturated rings. The van der Waals surface area contributed by atoms with Gasteiger partial charge in [-0.3, -0.25) is 4.79 Å². The van der Waals surface area contributed by atoms with Crippen molar-refractivity contribution in [3.8, 4) is 0 Å². The molecule has 0 amide bonds. The van der Waals surface area contributed by atoms with Crippen molar-refractivity contribution in [1.29, 1.82) is 0 Å². The fraction of sp³-hybridized carbons (Fsp3) is 0.944. The number of aliphatic hydroxyl groups is 2. The Kier molecular flexibility index (Phi) is 24.4. The van der Waals surface area contributed by atoms with Crippen LogP contribution in [-0.4, -0.2) is 36.0 Å². The second-order valence-electron chi connectivity index (χ2n) is 5.68. The van der Waals surface area contributed by atoms with Crippen LogP contribution < -0.4 is 0 Å². The van der Waals surface area contributed by atoms with E-state index in [2.05, 4.69) is 6.92 Å². The summed E-state index contributed by atoms with van der Waals surface area (Å²) in [5, 5.41) is 15.2. The summed E-state index contributed by atoms with van der Waals surface area (Å²) in [6.45, 7) is 4.09. The predicted octanol–water partition coefficient (Wildman–Crippen LogP) is 4.22. The van der Waals surface area contributed by atoms with Crippen molar-refractivity contribution in [2.75, 3.05) is 19.8 Å². The van der Waals surface area contributed by atoms with Crippen LogP contribution in [0.5, 0.6) is 0 Å². The van der Waals surface area contributed by atoms with Gasteiger partial charge in [-0.25, -0.2) is 0 Å². The van der Waals surface area contributed by atoms with E-state index >= 15 is 0 Å². The van der Waals surface area contributed by atoms with Gasteiger partial charge in [0, 0.05) is 6.92 Å². The zero-order valence-electron chi connectivity index (χ0n) is 14.8. The van der Waals surface area contributed by atoms with E-state index in [4.69, 9.17) is 14.9 Å². The lowest BCUT2D eigenvalue weighted by Gasteiger charge is -2.03. The number of hydrogen-bond acceptors (Lipinski definition) is 4. The third-order valence-corrected chi connectivity index (χ3v) is 3.40. The molecule has 0 spiro atoms. The molecule has 0 atom stereocenters. The molecule has 0 aliphatic carbocycles. The van der Waals surface area contributed by atoms with Gasteiger partial charge >= 0.3 is 5.97 Å². The van der Waals surface area contributed by atoms with E-state index < -0.39 is 0 Å². The van der Waals surface area contributed by atoms with Gasteiger partial charge in [-0.05, 0) is 6.42 Å². The Morgan fingerprint density at radius 1 is 0.727 bits per heavy atom. The van der Waals surface area contributed by atoms with Crippen LogP contribution in [0.15, 0.2) is 0 Å². The minimum Gasteiger partial charge on any atom is -0.466 e. The fourth-order valence-corrected chi connectivity index (χ4v) is 2.16. The molecule has 0 aliphatic rings. The number of ether oxygens (including phenoxy) is 1. The number of aliphatic hydroxyl groups excluding tert-OH is 2. The molecule has 22 heavy (non-hydrogen) atoms. The van der Waals surface area contributed by atoms with Crippen molar-refractivity contribution >= 4 is 5.97 Å². The lowest BCUT2D eigenvalue weighted by Crippen LogP contribution is -2.00. The van der Waals surface area contributed by atoms with Crippen molar-refractivity contribution in [1.82, 2.24) is 0 Å². The molecule has 4 nitrogen and oxygen atoms in total. The maximum absolute atomic E-state index is 10.5. The van der Waals surface area contributed by atoms with Crippen molar-refractivity contribution in [3.05, 3.63) is 0 Å². The minimum absolute atomic E-state index is 0.125. The average Bonchev–Trinajstić information content (AvgIpc) is 2.52. The Hall–Kier alpha value is -0.610. The van der Waals surface area contributed by atoms with Gasteiger partial charge in [-0.1, -0.05) is 77.6 Å². The summed E-state index contributed by atoms with van der Waals surface area (Å²) >= 11 is 0. The first-order valence-electron chi connectivity index (χ1n) is 9.04. The predicted molar refractivity (Wildman–Crippen MR) is 91.9 cm³/mol. The third kappa shape index (κ3) is 27.7. The van der Waals surface area contributed by atoms with Crippen LogP contribution in [0.25, 0.3) is 0 Å². The first kappa shape index (κ1) is 23.7. The molecular weight excluding hydrogens is 280 g/mol. The molecule has 0 aromatic carbocycles. The zero-order chi connectivity index (χ0) is 16.9. The van der Waals surface area contributed by atoms with Crippen LogP contribution >= 0.6 is 0 Å². The summed E-state index contributed by atoms with van der Waals surface area (Å²) in [6.07, 6.45) is 16.1. The average molecular weight is 318 g/mol. The summed E-state index contributed by atoms with van der Waals surface area (Å²) in [5.41, 5.74) is 0. The summed E-state index contributed by atoms with van der Waals surface area (Å²) in [5.74, 6) is -0.155. The first-order chi connectivity index (χ1) is 10.7. The van der Waals surface area contributed by atoms with Crippen molar-refractivity contribution in [2.24, 2.45) is 0 Å². The number of hydrogen-bond donors (Lipinski definition) is 2. The lowest BCUT2D eigenvalue weighted by atomic mass is 10.1. The van der Waals surface area contributed by atoms with Crippen LogP contribution in [0.3, 0.4) is 0 Å². The van der Waals surface area contributed by atoms with Gasteiger partial charge in [0.05, 0.1) is 19.8 Å². The molecule has 0 unspecified atom stereocenters. The molecule has 0 saturated heterocycles. The summed E-state index contributed by atoms with van der Waals surface area (Å²) in [7, 11) is 0. The number of unbranched alkanes of at least 4 members (excludes halogenated alkanes) is 11. The molecule has 0 saturated carbocycles. The maximum atomic E-state index is 10.5. The van der Waals surface area contributed by atoms with Gasteiger partial charge in [0.1, 0.15) is 0 Å². The molecule has 0 bridgehead atoms. The highest BCUT2D eigenvalue weighted by Gasteiger charge is 1.95. The Morgan fingerprint density at radius 3 is 1.41 bits per heavy atom. The quantitative estimate of drug-likeness (QED) is 0.372. The molecule has 0 rings (SSSR count). The zero-order valence-corrected chi connectivity index (χ0v) is 14.8. The lowest BCUT2D eigenvalue weighted by molar-refractivity contribution is -0.141. The third-order valence-electron chi connectivity index (χ3n) is 3.40. The van der Waals surface area contributed by atoms with Crippen LogP contribution in [0.4, 0.5) is 0 Å². The van der Waals surface area contributed by atoms with E-state index in [-0.39, 0.29) is 19.2 Å². The van der Waals surface area contributed by atoms with E-state index in [1.54, 1.807) is 0 Å². The first-order valence-corrected chi connectivity index (χ1v) is 9.04. The fourth-order valence-electron chi connectivity index (χ4n) is 2.16. The Bertz CT molecular complexity index is 205. The molecule has 2 N–H and O–H groups in total. The van der Waals surface area contributed by atoms with Crippen LogP contribution in [0.2, 0.25) is 0 Å². The number of carbonyl (C=O) groups excluding carboxylic acids is 1. The monoisotopic (exact) mass is 318 g/mol. The second kappa shape index (κ2) is 22.7. The van der Waals surface area contributed by atoms with Gasteiger partial charge in [-0.2, -0.15) is 0 Å². The number of rotatable bonds is 14. The van der Waals surface area contributed by atoms with Crippen LogP contribution in [-0.2, 0) is 9.53 Å². The van der Waals surface area contributed by atoms with Gasteiger partial charge in [0.2, 0.25) is 0 Å². The molecule has 0 aliphatic heterocycles. The van der Waals surface area contributed by atoms with Gasteiger partial charge in [0.25, 0.3) is 0 Å². The van der Waals surface area contributed by atoms with E-state index in [0.717, 1.165) is 6.42 Å². The van der Waals surface area contributed by atoms with Gasteiger partial charge in [0.15, 0.2) is 0 Å². The second-order valence-corrected chi connectivity index (χ2v) is 5.68. The summed E-state index contributed by atoms with van der Waals surface area (Å²) in [4.78, 5) is 10.5. The molecule has 0 radical (unpaired) electrons. The highest BCUT2D eigenvalue weighted by molar-refractivity contribution is 5.65. The van der Waals surface area contributed by atoms with Crippen molar-refractivity contribution in [3.63, 3.8) is 0 Å². The van der Waals surface area contributed by atoms with Crippen molar-refractivity contribution in [2.45, 2.75) is 90.9 Å². The molecule has 134 valence electrons. The van der Waals surface area contributed by atoms with E-state index in [9.17, 15) is 4.79 Å².